The van der Waals surface area contributed by atoms with Gasteiger partial charge in [0, 0.05) is 13.1 Å². The van der Waals surface area contributed by atoms with Gasteiger partial charge in [0.2, 0.25) is 0 Å². The number of benzene rings is 2. The van der Waals surface area contributed by atoms with E-state index >= 15 is 0 Å². The number of hydrogen-bond acceptors (Lipinski definition) is 4. The fourth-order valence-electron chi connectivity index (χ4n) is 3.53. The Hall–Kier alpha value is -2.69. The summed E-state index contributed by atoms with van der Waals surface area (Å²) >= 11 is 0. The fourth-order valence-corrected chi connectivity index (χ4v) is 3.53. The van der Waals surface area contributed by atoms with Gasteiger partial charge in [0.1, 0.15) is 5.75 Å². The first-order chi connectivity index (χ1) is 12.1. The molecule has 0 amide bonds. The number of nitrogens with zero attached hydrogens (tertiary/aromatic N) is 1. The van der Waals surface area contributed by atoms with Gasteiger partial charge in [-0.15, -0.1) is 0 Å². The fraction of sp³-hybridized carbons (Fsp3) is 0.350. The molecule has 2 aromatic rings. The number of rotatable bonds is 5. The molecule has 0 atom stereocenters. The summed E-state index contributed by atoms with van der Waals surface area (Å²) < 4.78 is 5.29. The molecular formula is C20H24N2O3. The highest BCUT2D eigenvalue weighted by Crippen LogP contribution is 2.31. The number of carbonyl (C=O) groups is 1. The molecule has 0 spiro atoms. The van der Waals surface area contributed by atoms with E-state index < -0.39 is 5.97 Å². The molecule has 1 aliphatic heterocycles. The molecule has 0 bridgehead atoms. The second-order valence-corrected chi connectivity index (χ2v) is 6.53. The molecule has 3 rings (SSSR count). The third-order valence-corrected chi connectivity index (χ3v) is 4.93. The van der Waals surface area contributed by atoms with Crippen LogP contribution in [0.4, 0.5) is 11.4 Å². The summed E-state index contributed by atoms with van der Waals surface area (Å²) in [5.41, 5.74) is 8.74. The van der Waals surface area contributed by atoms with Gasteiger partial charge in [-0.2, -0.15) is 0 Å². The molecule has 1 aliphatic rings. The van der Waals surface area contributed by atoms with E-state index in [1.807, 2.05) is 18.2 Å². The highest BCUT2D eigenvalue weighted by molar-refractivity contribution is 5.97. The Morgan fingerprint density at radius 3 is 2.64 bits per heavy atom. The molecule has 0 aliphatic carbocycles. The number of ether oxygens (including phenoxy) is 1. The molecule has 132 valence electrons. The lowest BCUT2D eigenvalue weighted by Gasteiger charge is -2.34. The van der Waals surface area contributed by atoms with E-state index in [9.17, 15) is 9.90 Å². The summed E-state index contributed by atoms with van der Waals surface area (Å²) in [5.74, 6) is 0.535. The van der Waals surface area contributed by atoms with Crippen molar-refractivity contribution in [3.63, 3.8) is 0 Å². The minimum absolute atomic E-state index is 0.177. The van der Waals surface area contributed by atoms with Gasteiger partial charge in [0.25, 0.3) is 0 Å². The van der Waals surface area contributed by atoms with E-state index in [4.69, 9.17) is 10.5 Å². The molecule has 1 saturated heterocycles. The zero-order valence-corrected chi connectivity index (χ0v) is 14.4. The molecule has 0 unspecified atom stereocenters. The van der Waals surface area contributed by atoms with E-state index in [0.29, 0.717) is 11.6 Å². The van der Waals surface area contributed by atoms with Crippen LogP contribution in [0.25, 0.3) is 0 Å². The highest BCUT2D eigenvalue weighted by Gasteiger charge is 2.22. The maximum atomic E-state index is 11.3. The van der Waals surface area contributed by atoms with Crippen LogP contribution in [-0.2, 0) is 6.42 Å². The van der Waals surface area contributed by atoms with E-state index in [1.165, 1.54) is 5.56 Å². The van der Waals surface area contributed by atoms with Crippen molar-refractivity contribution < 1.29 is 14.6 Å². The van der Waals surface area contributed by atoms with E-state index in [1.54, 1.807) is 19.2 Å². The first-order valence-electron chi connectivity index (χ1n) is 8.58. The van der Waals surface area contributed by atoms with Crippen LogP contribution in [0.1, 0.15) is 28.8 Å². The Labute approximate surface area is 148 Å². The number of hydrogen-bond donors (Lipinski definition) is 2. The molecule has 3 N–H and O–H groups in total. The molecule has 0 aromatic heterocycles. The maximum absolute atomic E-state index is 11.3. The van der Waals surface area contributed by atoms with Crippen LogP contribution < -0.4 is 15.4 Å². The molecular weight excluding hydrogens is 316 g/mol. The summed E-state index contributed by atoms with van der Waals surface area (Å²) in [6.07, 6.45) is 3.16. The van der Waals surface area contributed by atoms with Crippen LogP contribution in [0, 0.1) is 5.92 Å². The SMILES string of the molecule is COc1cccc(CC2CCN(c3cccc(C(=O)O)c3N)CC2)c1. The number of carboxylic acids is 1. The second-order valence-electron chi connectivity index (χ2n) is 6.53. The normalized spacial score (nSPS) is 15.2. The third kappa shape index (κ3) is 3.87. The van der Waals surface area contributed by atoms with Crippen molar-refractivity contribution in [2.45, 2.75) is 19.3 Å². The van der Waals surface area contributed by atoms with Crippen molar-refractivity contribution in [1.82, 2.24) is 0 Å². The largest absolute Gasteiger partial charge is 0.497 e. The molecule has 2 aromatic carbocycles. The van der Waals surface area contributed by atoms with Crippen molar-refractivity contribution in [2.24, 2.45) is 5.92 Å². The molecule has 5 nitrogen and oxygen atoms in total. The molecule has 0 radical (unpaired) electrons. The van der Waals surface area contributed by atoms with Crippen LogP contribution in [0.15, 0.2) is 42.5 Å². The van der Waals surface area contributed by atoms with Crippen LogP contribution in [-0.4, -0.2) is 31.3 Å². The van der Waals surface area contributed by atoms with E-state index in [-0.39, 0.29) is 5.56 Å². The van der Waals surface area contributed by atoms with Gasteiger partial charge in [-0.1, -0.05) is 18.2 Å². The molecule has 1 fully saturated rings. The summed E-state index contributed by atoms with van der Waals surface area (Å²) in [6, 6.07) is 13.5. The average Bonchev–Trinajstić information content (AvgIpc) is 2.62. The van der Waals surface area contributed by atoms with Crippen LogP contribution in [0.2, 0.25) is 0 Å². The number of nitrogens with two attached hydrogens (primary N) is 1. The quantitative estimate of drug-likeness (QED) is 0.816. The number of methoxy groups -OCH3 is 1. The van der Waals surface area contributed by atoms with Gasteiger partial charge in [-0.3, -0.25) is 0 Å². The number of para-hydroxylation sites is 1. The van der Waals surface area contributed by atoms with E-state index in [2.05, 4.69) is 17.0 Å². The molecule has 1 heterocycles. The smallest absolute Gasteiger partial charge is 0.337 e. The summed E-state index contributed by atoms with van der Waals surface area (Å²) in [6.45, 7) is 1.78. The van der Waals surface area contributed by atoms with Gasteiger partial charge < -0.3 is 20.5 Å². The molecule has 5 heteroatoms. The lowest BCUT2D eigenvalue weighted by Crippen LogP contribution is -2.35. The van der Waals surface area contributed by atoms with Crippen molar-refractivity contribution in [1.29, 1.82) is 0 Å². The van der Waals surface area contributed by atoms with Gasteiger partial charge in [0.15, 0.2) is 0 Å². The monoisotopic (exact) mass is 340 g/mol. The van der Waals surface area contributed by atoms with Crippen molar-refractivity contribution >= 4 is 17.3 Å². The molecule has 0 saturated carbocycles. The van der Waals surface area contributed by atoms with Crippen LogP contribution in [0.5, 0.6) is 5.75 Å². The second kappa shape index (κ2) is 7.47. The molecule has 25 heavy (non-hydrogen) atoms. The summed E-state index contributed by atoms with van der Waals surface area (Å²) in [5, 5.41) is 9.23. The number of nitrogen functional groups attached to an aromatic ring is 1. The zero-order valence-electron chi connectivity index (χ0n) is 14.4. The third-order valence-electron chi connectivity index (χ3n) is 4.93. The van der Waals surface area contributed by atoms with Crippen molar-refractivity contribution in [3.8, 4) is 5.75 Å². The number of anilines is 2. The Morgan fingerprint density at radius 1 is 1.24 bits per heavy atom. The standard InChI is InChI=1S/C20H24N2O3/c1-25-16-5-2-4-15(13-16)12-14-8-10-22(11-9-14)18-7-3-6-17(19(18)21)20(23)24/h2-7,13-14H,8-12,21H2,1H3,(H,23,24). The number of piperidine rings is 1. The van der Waals surface area contributed by atoms with Gasteiger partial charge in [0.05, 0.1) is 24.0 Å². The minimum atomic E-state index is -0.979. The first kappa shape index (κ1) is 17.1. The summed E-state index contributed by atoms with van der Waals surface area (Å²) in [7, 11) is 1.69. The number of aromatic carboxylic acids is 1. The topological polar surface area (TPSA) is 75.8 Å². The average molecular weight is 340 g/mol. The van der Waals surface area contributed by atoms with Gasteiger partial charge in [-0.25, -0.2) is 4.79 Å². The highest BCUT2D eigenvalue weighted by atomic mass is 16.5. The predicted molar refractivity (Wildman–Crippen MR) is 99.4 cm³/mol. The van der Waals surface area contributed by atoms with Crippen LogP contribution in [0.3, 0.4) is 0 Å². The Balaban J connectivity index is 1.64. The van der Waals surface area contributed by atoms with E-state index in [0.717, 1.165) is 43.8 Å². The Morgan fingerprint density at radius 2 is 1.96 bits per heavy atom. The maximum Gasteiger partial charge on any atom is 0.337 e. The minimum Gasteiger partial charge on any atom is -0.497 e. The number of carboxylic acid groups (broad SMARTS) is 1. The Kier molecular flexibility index (Phi) is 5.12. The Bertz CT molecular complexity index is 752. The lowest BCUT2D eigenvalue weighted by molar-refractivity contribution is 0.0698. The predicted octanol–water partition coefficient (Wildman–Crippen LogP) is 3.43. The van der Waals surface area contributed by atoms with Crippen LogP contribution >= 0.6 is 0 Å². The lowest BCUT2D eigenvalue weighted by atomic mass is 9.89. The van der Waals surface area contributed by atoms with Crippen molar-refractivity contribution in [2.75, 3.05) is 30.8 Å². The van der Waals surface area contributed by atoms with Gasteiger partial charge >= 0.3 is 5.97 Å². The van der Waals surface area contributed by atoms with Gasteiger partial charge in [-0.05, 0) is 55.0 Å². The zero-order chi connectivity index (χ0) is 17.8. The summed E-state index contributed by atoms with van der Waals surface area (Å²) in [4.78, 5) is 13.5. The first-order valence-corrected chi connectivity index (χ1v) is 8.58. The van der Waals surface area contributed by atoms with Crippen molar-refractivity contribution in [3.05, 3.63) is 53.6 Å².